The number of hydrogen-bond donors (Lipinski definition) is 1. The van der Waals surface area contributed by atoms with Gasteiger partial charge in [-0.05, 0) is 18.6 Å². The first-order valence-electron chi connectivity index (χ1n) is 5.31. The quantitative estimate of drug-likeness (QED) is 0.866. The molecular formula is C12H15N3O2. The SMILES string of the molecule is COc1ccccc1CC(C)(N)c1ncon1. The summed E-state index contributed by atoms with van der Waals surface area (Å²) in [5, 5.41) is 3.79. The highest BCUT2D eigenvalue weighted by molar-refractivity contribution is 5.35. The van der Waals surface area contributed by atoms with E-state index in [9.17, 15) is 0 Å². The molecule has 2 aromatic rings. The maximum absolute atomic E-state index is 6.20. The van der Waals surface area contributed by atoms with E-state index < -0.39 is 5.54 Å². The number of nitrogens with zero attached hydrogens (tertiary/aromatic N) is 2. The fourth-order valence-electron chi connectivity index (χ4n) is 1.75. The number of hydrogen-bond acceptors (Lipinski definition) is 5. The Morgan fingerprint density at radius 1 is 1.41 bits per heavy atom. The highest BCUT2D eigenvalue weighted by atomic mass is 16.5. The van der Waals surface area contributed by atoms with Gasteiger partial charge in [-0.25, -0.2) is 0 Å². The molecule has 2 N–H and O–H groups in total. The molecule has 1 aromatic heterocycles. The molecule has 0 bridgehead atoms. The number of aromatic nitrogens is 2. The van der Waals surface area contributed by atoms with Crippen LogP contribution in [0, 0.1) is 0 Å². The van der Waals surface area contributed by atoms with Gasteiger partial charge in [0.1, 0.15) is 5.75 Å². The molecular weight excluding hydrogens is 218 g/mol. The van der Waals surface area contributed by atoms with E-state index in [1.165, 1.54) is 6.39 Å². The Labute approximate surface area is 99.6 Å². The number of ether oxygens (including phenoxy) is 1. The van der Waals surface area contributed by atoms with E-state index in [1.807, 2.05) is 31.2 Å². The zero-order valence-corrected chi connectivity index (χ0v) is 9.88. The number of para-hydroxylation sites is 1. The second-order valence-electron chi connectivity index (χ2n) is 4.16. The van der Waals surface area contributed by atoms with E-state index in [2.05, 4.69) is 10.1 Å². The van der Waals surface area contributed by atoms with Crippen LogP contribution in [0.15, 0.2) is 35.2 Å². The summed E-state index contributed by atoms with van der Waals surface area (Å²) in [6.45, 7) is 1.87. The lowest BCUT2D eigenvalue weighted by Gasteiger charge is -2.21. The van der Waals surface area contributed by atoms with Crippen LogP contribution in [0.25, 0.3) is 0 Å². The van der Waals surface area contributed by atoms with Gasteiger partial charge in [0, 0.05) is 6.42 Å². The Balaban J connectivity index is 2.26. The van der Waals surface area contributed by atoms with Gasteiger partial charge < -0.3 is 15.0 Å². The van der Waals surface area contributed by atoms with Crippen LogP contribution in [0.2, 0.25) is 0 Å². The summed E-state index contributed by atoms with van der Waals surface area (Å²) in [7, 11) is 1.64. The van der Waals surface area contributed by atoms with Gasteiger partial charge in [0.2, 0.25) is 6.39 Å². The molecule has 0 aliphatic rings. The molecule has 0 fully saturated rings. The molecule has 1 atom stereocenters. The zero-order valence-electron chi connectivity index (χ0n) is 9.88. The Morgan fingerprint density at radius 2 is 2.18 bits per heavy atom. The van der Waals surface area contributed by atoms with E-state index in [0.717, 1.165) is 11.3 Å². The van der Waals surface area contributed by atoms with Crippen LogP contribution in [0.3, 0.4) is 0 Å². The van der Waals surface area contributed by atoms with E-state index in [-0.39, 0.29) is 0 Å². The fourth-order valence-corrected chi connectivity index (χ4v) is 1.75. The Kier molecular flexibility index (Phi) is 3.10. The molecule has 90 valence electrons. The lowest BCUT2D eigenvalue weighted by molar-refractivity contribution is 0.369. The van der Waals surface area contributed by atoms with E-state index in [1.54, 1.807) is 7.11 Å². The molecule has 5 nitrogen and oxygen atoms in total. The third-order valence-corrected chi connectivity index (χ3v) is 2.62. The van der Waals surface area contributed by atoms with Gasteiger partial charge in [-0.15, -0.1) is 0 Å². The lowest BCUT2D eigenvalue weighted by atomic mass is 9.93. The molecule has 0 saturated carbocycles. The first kappa shape index (κ1) is 11.6. The van der Waals surface area contributed by atoms with Gasteiger partial charge in [0.25, 0.3) is 0 Å². The van der Waals surface area contributed by atoms with Crippen molar-refractivity contribution in [1.82, 2.24) is 10.1 Å². The van der Waals surface area contributed by atoms with Crippen molar-refractivity contribution in [3.63, 3.8) is 0 Å². The summed E-state index contributed by atoms with van der Waals surface area (Å²) in [5.74, 6) is 1.30. The summed E-state index contributed by atoms with van der Waals surface area (Å²) in [6.07, 6.45) is 1.86. The van der Waals surface area contributed by atoms with Crippen molar-refractivity contribution in [2.24, 2.45) is 5.73 Å². The Hall–Kier alpha value is -1.88. The van der Waals surface area contributed by atoms with Crippen molar-refractivity contribution in [1.29, 1.82) is 0 Å². The summed E-state index contributed by atoms with van der Waals surface area (Å²) in [4.78, 5) is 4.00. The van der Waals surface area contributed by atoms with Crippen molar-refractivity contribution >= 4 is 0 Å². The topological polar surface area (TPSA) is 74.2 Å². The molecule has 1 unspecified atom stereocenters. The van der Waals surface area contributed by atoms with Crippen molar-refractivity contribution in [3.8, 4) is 5.75 Å². The Morgan fingerprint density at radius 3 is 2.82 bits per heavy atom. The molecule has 5 heteroatoms. The molecule has 2 rings (SSSR count). The third-order valence-electron chi connectivity index (χ3n) is 2.62. The van der Waals surface area contributed by atoms with Crippen molar-refractivity contribution < 1.29 is 9.26 Å². The smallest absolute Gasteiger partial charge is 0.213 e. The minimum absolute atomic E-state index is 0.489. The fraction of sp³-hybridized carbons (Fsp3) is 0.333. The second-order valence-corrected chi connectivity index (χ2v) is 4.16. The molecule has 0 aliphatic carbocycles. The van der Waals surface area contributed by atoms with E-state index in [4.69, 9.17) is 15.0 Å². The highest BCUT2D eigenvalue weighted by Crippen LogP contribution is 2.25. The summed E-state index contributed by atoms with van der Waals surface area (Å²) >= 11 is 0. The monoisotopic (exact) mass is 233 g/mol. The average molecular weight is 233 g/mol. The first-order chi connectivity index (χ1) is 8.13. The van der Waals surface area contributed by atoms with Gasteiger partial charge in [0.05, 0.1) is 12.6 Å². The minimum atomic E-state index is -0.679. The molecule has 0 amide bonds. The maximum Gasteiger partial charge on any atom is 0.213 e. The first-order valence-corrected chi connectivity index (χ1v) is 5.31. The van der Waals surface area contributed by atoms with Crippen LogP contribution in [0.4, 0.5) is 0 Å². The summed E-state index contributed by atoms with van der Waals surface area (Å²) < 4.78 is 10.0. The van der Waals surface area contributed by atoms with Gasteiger partial charge in [-0.2, -0.15) is 4.98 Å². The summed E-state index contributed by atoms with van der Waals surface area (Å²) in [5.41, 5.74) is 6.54. The largest absolute Gasteiger partial charge is 0.496 e. The predicted molar refractivity (Wildman–Crippen MR) is 62.5 cm³/mol. The van der Waals surface area contributed by atoms with Crippen LogP contribution in [0.5, 0.6) is 5.75 Å². The van der Waals surface area contributed by atoms with Crippen molar-refractivity contribution in [2.45, 2.75) is 18.9 Å². The normalized spacial score (nSPS) is 14.3. The van der Waals surface area contributed by atoms with Gasteiger partial charge in [-0.1, -0.05) is 23.4 Å². The summed E-state index contributed by atoms with van der Waals surface area (Å²) in [6, 6.07) is 7.75. The molecule has 0 spiro atoms. The second kappa shape index (κ2) is 4.55. The van der Waals surface area contributed by atoms with Gasteiger partial charge >= 0.3 is 0 Å². The number of nitrogens with two attached hydrogens (primary N) is 1. The van der Waals surface area contributed by atoms with Crippen LogP contribution in [0.1, 0.15) is 18.3 Å². The average Bonchev–Trinajstić information content (AvgIpc) is 2.83. The zero-order chi connectivity index (χ0) is 12.3. The van der Waals surface area contributed by atoms with E-state index in [0.29, 0.717) is 12.2 Å². The molecule has 0 radical (unpaired) electrons. The minimum Gasteiger partial charge on any atom is -0.496 e. The highest BCUT2D eigenvalue weighted by Gasteiger charge is 2.27. The van der Waals surface area contributed by atoms with E-state index >= 15 is 0 Å². The maximum atomic E-state index is 6.20. The van der Waals surface area contributed by atoms with Crippen LogP contribution in [-0.2, 0) is 12.0 Å². The molecule has 1 aromatic carbocycles. The number of rotatable bonds is 4. The van der Waals surface area contributed by atoms with Crippen LogP contribution in [-0.4, -0.2) is 17.3 Å². The van der Waals surface area contributed by atoms with Crippen LogP contribution < -0.4 is 10.5 Å². The molecule has 1 heterocycles. The number of benzene rings is 1. The van der Waals surface area contributed by atoms with Crippen molar-refractivity contribution in [2.75, 3.05) is 7.11 Å². The van der Waals surface area contributed by atoms with Crippen molar-refractivity contribution in [3.05, 3.63) is 42.0 Å². The molecule has 17 heavy (non-hydrogen) atoms. The lowest BCUT2D eigenvalue weighted by Crippen LogP contribution is -2.36. The van der Waals surface area contributed by atoms with Gasteiger partial charge in [0.15, 0.2) is 5.82 Å². The van der Waals surface area contributed by atoms with Gasteiger partial charge in [-0.3, -0.25) is 0 Å². The standard InChI is InChI=1S/C12H15N3O2/c1-12(13,11-14-8-17-15-11)7-9-5-3-4-6-10(9)16-2/h3-6,8H,7,13H2,1-2H3. The molecule has 0 saturated heterocycles. The number of methoxy groups -OCH3 is 1. The Bertz CT molecular complexity index is 480. The predicted octanol–water partition coefficient (Wildman–Crippen LogP) is 1.49. The van der Waals surface area contributed by atoms with Crippen LogP contribution >= 0.6 is 0 Å². The molecule has 0 aliphatic heterocycles. The third kappa shape index (κ3) is 2.45.